The molecule has 56 heavy (non-hydrogen) atoms. The van der Waals surface area contributed by atoms with Gasteiger partial charge in [0.25, 0.3) is 21.8 Å². The first kappa shape index (κ1) is 39.9. The molecule has 13 heteroatoms. The number of carbonyl (C=O) groups is 4. The molecule has 1 aliphatic rings. The fourth-order valence-electron chi connectivity index (χ4n) is 6.78. The molecule has 0 saturated heterocycles. The van der Waals surface area contributed by atoms with Gasteiger partial charge in [-0.25, -0.2) is 18.0 Å². The van der Waals surface area contributed by atoms with Crippen LogP contribution in [0.2, 0.25) is 0 Å². The fraction of sp³-hybridized carbons (Fsp3) is 0.256. The zero-order valence-electron chi connectivity index (χ0n) is 31.6. The SMILES string of the molecule is COC(=O)c1ccc(CCc2ccc(NC(=O)c3c(NC(=O)c4cccc(S(=O)(=O)N(c5ccccc5C(=O)OC)C(C)C)c4)sc4c3CCCC4)cc2)cc1. The number of nitrogens with zero attached hydrogens (tertiary/aromatic N) is 1. The van der Waals surface area contributed by atoms with E-state index < -0.39 is 27.9 Å². The van der Waals surface area contributed by atoms with Gasteiger partial charge in [0.1, 0.15) is 5.00 Å². The first-order valence-corrected chi connectivity index (χ1v) is 20.5. The number of benzene rings is 4. The van der Waals surface area contributed by atoms with Gasteiger partial charge in [-0.05, 0) is 124 Å². The number of rotatable bonds is 13. The number of fused-ring (bicyclic) bond motifs is 1. The summed E-state index contributed by atoms with van der Waals surface area (Å²) in [6, 6.07) is 26.3. The van der Waals surface area contributed by atoms with Crippen LogP contribution in [0.15, 0.2) is 102 Å². The molecule has 0 bridgehead atoms. The summed E-state index contributed by atoms with van der Waals surface area (Å²) in [6.07, 6.45) is 4.93. The summed E-state index contributed by atoms with van der Waals surface area (Å²) in [7, 11) is -1.68. The van der Waals surface area contributed by atoms with Gasteiger partial charge in [0.05, 0.1) is 41.5 Å². The molecule has 1 aromatic heterocycles. The molecule has 0 spiro atoms. The standard InChI is InChI=1S/C43H43N3O8S2/c1-27(2)46(36-14-7-5-12-34(36)43(50)54-4)56(51,52)33-11-9-10-31(26-33)39(47)45-41-38(35-13-6-8-15-37(35)55-41)40(48)44-32-24-20-29(21-25-32)17-16-28-18-22-30(23-19-28)42(49)53-3/h5,7,9-12,14,18-27H,6,8,13,15-17H2,1-4H3,(H,44,48)(H,45,47). The monoisotopic (exact) mass is 793 g/mol. The molecule has 290 valence electrons. The molecule has 2 N–H and O–H groups in total. The normalized spacial score (nSPS) is 12.4. The van der Waals surface area contributed by atoms with Gasteiger partial charge in [0.15, 0.2) is 0 Å². The van der Waals surface area contributed by atoms with E-state index >= 15 is 0 Å². The third-order valence-electron chi connectivity index (χ3n) is 9.58. The minimum Gasteiger partial charge on any atom is -0.465 e. The lowest BCUT2D eigenvalue weighted by Gasteiger charge is -2.29. The number of hydrogen-bond donors (Lipinski definition) is 2. The Balaban J connectivity index is 1.19. The largest absolute Gasteiger partial charge is 0.465 e. The van der Waals surface area contributed by atoms with Gasteiger partial charge in [0, 0.05) is 22.2 Å². The number of anilines is 3. The maximum atomic E-state index is 14.2. The Hall–Kier alpha value is -5.79. The van der Waals surface area contributed by atoms with Crippen LogP contribution in [0.3, 0.4) is 0 Å². The Bertz CT molecular complexity index is 2370. The highest BCUT2D eigenvalue weighted by Gasteiger charge is 2.32. The number of amides is 2. The first-order chi connectivity index (χ1) is 26.9. The molecule has 0 radical (unpaired) electrons. The Kier molecular flexibility index (Phi) is 12.4. The van der Waals surface area contributed by atoms with E-state index in [1.807, 2.05) is 36.4 Å². The van der Waals surface area contributed by atoms with Crippen molar-refractivity contribution in [2.45, 2.75) is 63.3 Å². The molecule has 0 fully saturated rings. The average molecular weight is 794 g/mol. The number of para-hydroxylation sites is 1. The lowest BCUT2D eigenvalue weighted by Crippen LogP contribution is -2.38. The summed E-state index contributed by atoms with van der Waals surface area (Å²) >= 11 is 1.37. The van der Waals surface area contributed by atoms with Crippen molar-refractivity contribution < 1.29 is 37.1 Å². The molecule has 1 heterocycles. The highest BCUT2D eigenvalue weighted by molar-refractivity contribution is 7.92. The van der Waals surface area contributed by atoms with Crippen LogP contribution in [-0.2, 0) is 45.2 Å². The maximum absolute atomic E-state index is 14.2. The van der Waals surface area contributed by atoms with Crippen LogP contribution < -0.4 is 14.9 Å². The van der Waals surface area contributed by atoms with Crippen molar-refractivity contribution in [2.24, 2.45) is 0 Å². The predicted molar refractivity (Wildman–Crippen MR) is 218 cm³/mol. The molecular weight excluding hydrogens is 751 g/mol. The second kappa shape index (κ2) is 17.3. The molecular formula is C43H43N3O8S2. The minimum absolute atomic E-state index is 0.0868. The smallest absolute Gasteiger partial charge is 0.340 e. The van der Waals surface area contributed by atoms with Gasteiger partial charge < -0.3 is 20.1 Å². The Morgan fingerprint density at radius 3 is 2.04 bits per heavy atom. The van der Waals surface area contributed by atoms with Crippen molar-refractivity contribution >= 4 is 61.5 Å². The van der Waals surface area contributed by atoms with Gasteiger partial charge in [-0.2, -0.15) is 0 Å². The number of thiophene rings is 1. The zero-order chi connectivity index (χ0) is 40.0. The maximum Gasteiger partial charge on any atom is 0.340 e. The van der Waals surface area contributed by atoms with E-state index in [4.69, 9.17) is 9.47 Å². The lowest BCUT2D eigenvalue weighted by molar-refractivity contribution is 0.0592. The van der Waals surface area contributed by atoms with Gasteiger partial charge in [-0.15, -0.1) is 11.3 Å². The van der Waals surface area contributed by atoms with Gasteiger partial charge in [-0.1, -0.05) is 42.5 Å². The summed E-state index contributed by atoms with van der Waals surface area (Å²) in [6.45, 7) is 3.39. The number of esters is 2. The quantitative estimate of drug-likeness (QED) is 0.114. The van der Waals surface area contributed by atoms with Crippen molar-refractivity contribution in [3.63, 3.8) is 0 Å². The second-order valence-corrected chi connectivity index (χ2v) is 16.6. The zero-order valence-corrected chi connectivity index (χ0v) is 33.2. The summed E-state index contributed by atoms with van der Waals surface area (Å²) < 4.78 is 39.1. The Morgan fingerprint density at radius 2 is 1.38 bits per heavy atom. The number of carbonyl (C=O) groups excluding carboxylic acids is 4. The summed E-state index contributed by atoms with van der Waals surface area (Å²) in [4.78, 5) is 53.0. The van der Waals surface area contributed by atoms with E-state index in [0.29, 0.717) is 28.2 Å². The molecule has 4 aromatic carbocycles. The van der Waals surface area contributed by atoms with Crippen molar-refractivity contribution in [3.05, 3.63) is 141 Å². The average Bonchev–Trinajstić information content (AvgIpc) is 3.58. The van der Waals surface area contributed by atoms with Crippen molar-refractivity contribution in [1.82, 2.24) is 0 Å². The first-order valence-electron chi connectivity index (χ1n) is 18.3. The van der Waals surface area contributed by atoms with Crippen molar-refractivity contribution in [2.75, 3.05) is 29.2 Å². The van der Waals surface area contributed by atoms with Crippen LogP contribution in [0.25, 0.3) is 0 Å². The molecule has 6 rings (SSSR count). The number of hydrogen-bond acceptors (Lipinski definition) is 9. The summed E-state index contributed by atoms with van der Waals surface area (Å²) in [5, 5.41) is 6.33. The van der Waals surface area contributed by atoms with Crippen LogP contribution in [0, 0.1) is 0 Å². The molecule has 0 unspecified atom stereocenters. The summed E-state index contributed by atoms with van der Waals surface area (Å²) in [5.74, 6) is -1.96. The summed E-state index contributed by atoms with van der Waals surface area (Å²) in [5.41, 5.74) is 4.92. The van der Waals surface area contributed by atoms with Crippen LogP contribution in [0.5, 0.6) is 0 Å². The van der Waals surface area contributed by atoms with Crippen LogP contribution in [-0.4, -0.2) is 52.4 Å². The third kappa shape index (κ3) is 8.69. The number of sulfonamides is 1. The van der Waals surface area contributed by atoms with Crippen LogP contribution in [0.4, 0.5) is 16.4 Å². The van der Waals surface area contributed by atoms with E-state index in [2.05, 4.69) is 10.6 Å². The lowest BCUT2D eigenvalue weighted by atomic mass is 9.95. The van der Waals surface area contributed by atoms with Gasteiger partial charge in [-0.3, -0.25) is 13.9 Å². The van der Waals surface area contributed by atoms with Crippen LogP contribution >= 0.6 is 11.3 Å². The predicted octanol–water partition coefficient (Wildman–Crippen LogP) is 8.09. The minimum atomic E-state index is -4.26. The van der Waals surface area contributed by atoms with E-state index in [9.17, 15) is 27.6 Å². The molecule has 1 aliphatic carbocycles. The molecule has 0 aliphatic heterocycles. The number of ether oxygens (including phenoxy) is 2. The van der Waals surface area contributed by atoms with Crippen molar-refractivity contribution in [1.29, 1.82) is 0 Å². The highest BCUT2D eigenvalue weighted by atomic mass is 32.2. The third-order valence-corrected chi connectivity index (χ3v) is 12.8. The molecule has 11 nitrogen and oxygen atoms in total. The van der Waals surface area contributed by atoms with Gasteiger partial charge >= 0.3 is 11.9 Å². The fourth-order valence-corrected chi connectivity index (χ4v) is 9.79. The van der Waals surface area contributed by atoms with E-state index in [1.54, 1.807) is 38.1 Å². The Labute approximate surface area is 330 Å². The molecule has 2 amide bonds. The molecule has 5 aromatic rings. The van der Waals surface area contributed by atoms with E-state index in [0.717, 1.165) is 58.0 Å². The van der Waals surface area contributed by atoms with E-state index in [1.165, 1.54) is 62.0 Å². The topological polar surface area (TPSA) is 148 Å². The Morgan fingerprint density at radius 1 is 0.732 bits per heavy atom. The second-order valence-electron chi connectivity index (χ2n) is 13.6. The molecule has 0 atom stereocenters. The highest BCUT2D eigenvalue weighted by Crippen LogP contribution is 2.39. The number of methoxy groups -OCH3 is 2. The van der Waals surface area contributed by atoms with Crippen molar-refractivity contribution in [3.8, 4) is 0 Å². The number of aryl methyl sites for hydroxylation is 3. The van der Waals surface area contributed by atoms with E-state index in [-0.39, 0.29) is 33.6 Å². The number of nitrogens with one attached hydrogen (secondary N) is 2. The van der Waals surface area contributed by atoms with Crippen LogP contribution in [0.1, 0.15) is 89.7 Å². The van der Waals surface area contributed by atoms with Gasteiger partial charge in [0.2, 0.25) is 0 Å². The molecule has 0 saturated carbocycles.